The van der Waals surface area contributed by atoms with Crippen LogP contribution in [-0.2, 0) is 0 Å². The fraction of sp³-hybridized carbons (Fsp3) is 0.625. The Labute approximate surface area is 127 Å². The van der Waals surface area contributed by atoms with Gasteiger partial charge in [-0.1, -0.05) is 0 Å². The molecule has 0 radical (unpaired) electrons. The van der Waals surface area contributed by atoms with E-state index in [-0.39, 0.29) is 5.54 Å². The fourth-order valence-corrected chi connectivity index (χ4v) is 2.60. The van der Waals surface area contributed by atoms with E-state index in [0.29, 0.717) is 18.8 Å². The minimum atomic E-state index is -0.484. The summed E-state index contributed by atoms with van der Waals surface area (Å²) in [6, 6.07) is 7.23. The Balaban J connectivity index is 1.77. The Hall–Kier alpha value is -1.30. The molecule has 0 saturated carbocycles. The van der Waals surface area contributed by atoms with Crippen molar-refractivity contribution in [3.63, 3.8) is 0 Å². The molecule has 0 aliphatic carbocycles. The molecule has 5 heteroatoms. The van der Waals surface area contributed by atoms with Crippen LogP contribution in [0.4, 0.5) is 5.69 Å². The van der Waals surface area contributed by atoms with E-state index >= 15 is 0 Å². The number of nitrogen functional groups attached to an aromatic ring is 1. The average Bonchev–Trinajstić information content (AvgIpc) is 2.42. The number of nitrogens with two attached hydrogens (primary N) is 1. The van der Waals surface area contributed by atoms with Gasteiger partial charge in [-0.15, -0.1) is 0 Å². The van der Waals surface area contributed by atoms with E-state index in [4.69, 9.17) is 10.5 Å². The number of likely N-dealkylation sites (N-methyl/N-ethyl adjacent to an activating group) is 1. The molecular weight excluding hydrogens is 266 g/mol. The number of nitrogens with zero attached hydrogens (tertiary/aromatic N) is 2. The zero-order chi connectivity index (χ0) is 15.5. The average molecular weight is 293 g/mol. The summed E-state index contributed by atoms with van der Waals surface area (Å²) in [5, 5.41) is 10.1. The molecule has 1 aromatic carbocycles. The highest BCUT2D eigenvalue weighted by Gasteiger charge is 2.31. The topological polar surface area (TPSA) is 62.0 Å². The zero-order valence-electron chi connectivity index (χ0n) is 13.2. The number of hydrogen-bond acceptors (Lipinski definition) is 5. The van der Waals surface area contributed by atoms with E-state index in [1.54, 1.807) is 12.1 Å². The molecule has 0 amide bonds. The number of rotatable bonds is 5. The van der Waals surface area contributed by atoms with E-state index in [2.05, 4.69) is 30.7 Å². The van der Waals surface area contributed by atoms with Crippen LogP contribution in [0.15, 0.2) is 24.3 Å². The Morgan fingerprint density at radius 3 is 2.57 bits per heavy atom. The molecule has 0 bridgehead atoms. The third-order valence-corrected chi connectivity index (χ3v) is 4.19. The summed E-state index contributed by atoms with van der Waals surface area (Å²) in [5.74, 6) is 0.738. The predicted molar refractivity (Wildman–Crippen MR) is 85.5 cm³/mol. The third-order valence-electron chi connectivity index (χ3n) is 4.19. The molecule has 1 saturated heterocycles. The van der Waals surface area contributed by atoms with Gasteiger partial charge in [0.1, 0.15) is 18.5 Å². The van der Waals surface area contributed by atoms with Gasteiger partial charge in [0.05, 0.1) is 0 Å². The molecule has 1 aliphatic rings. The standard InChI is InChI=1S/C16H27N3O2/c1-16(2)12-19(9-8-18(16)3)10-14(20)11-21-15-6-4-13(17)5-7-15/h4-7,14,20H,8-12,17H2,1-3H3. The maximum Gasteiger partial charge on any atom is 0.119 e. The minimum absolute atomic E-state index is 0.149. The Kier molecular flexibility index (Phi) is 5.08. The number of β-amino-alcohol motifs (C(OH)–C–C–N with tert-alkyl or cyclic N) is 1. The lowest BCUT2D eigenvalue weighted by atomic mass is 9.99. The van der Waals surface area contributed by atoms with E-state index < -0.39 is 6.10 Å². The second-order valence-electron chi connectivity index (χ2n) is 6.50. The van der Waals surface area contributed by atoms with Crippen molar-refractivity contribution in [2.45, 2.75) is 25.5 Å². The zero-order valence-corrected chi connectivity index (χ0v) is 13.2. The molecule has 5 nitrogen and oxygen atoms in total. The number of ether oxygens (including phenoxy) is 1. The summed E-state index contributed by atoms with van der Waals surface area (Å²) in [4.78, 5) is 4.66. The van der Waals surface area contributed by atoms with Crippen LogP contribution in [0.5, 0.6) is 5.75 Å². The summed E-state index contributed by atoms with van der Waals surface area (Å²) in [6.07, 6.45) is -0.484. The number of aliphatic hydroxyl groups is 1. The summed E-state index contributed by atoms with van der Waals surface area (Å²) in [6.45, 7) is 8.38. The van der Waals surface area contributed by atoms with Gasteiger partial charge < -0.3 is 15.6 Å². The summed E-state index contributed by atoms with van der Waals surface area (Å²) >= 11 is 0. The lowest BCUT2D eigenvalue weighted by Crippen LogP contribution is -2.58. The molecular formula is C16H27N3O2. The molecule has 21 heavy (non-hydrogen) atoms. The van der Waals surface area contributed by atoms with Gasteiger partial charge in [0.25, 0.3) is 0 Å². The molecule has 1 heterocycles. The van der Waals surface area contributed by atoms with E-state index in [9.17, 15) is 5.11 Å². The second-order valence-corrected chi connectivity index (χ2v) is 6.50. The van der Waals surface area contributed by atoms with Crippen LogP contribution < -0.4 is 10.5 Å². The number of anilines is 1. The second kappa shape index (κ2) is 6.64. The molecule has 1 fully saturated rings. The first-order chi connectivity index (χ1) is 9.87. The van der Waals surface area contributed by atoms with Gasteiger partial charge in [0, 0.05) is 37.4 Å². The Morgan fingerprint density at radius 1 is 1.29 bits per heavy atom. The van der Waals surface area contributed by atoms with Crippen molar-refractivity contribution >= 4 is 5.69 Å². The van der Waals surface area contributed by atoms with Crippen molar-refractivity contribution in [1.82, 2.24) is 9.80 Å². The highest BCUT2D eigenvalue weighted by Crippen LogP contribution is 2.19. The molecule has 118 valence electrons. The highest BCUT2D eigenvalue weighted by atomic mass is 16.5. The molecule has 2 rings (SSSR count). The molecule has 1 aromatic rings. The van der Waals surface area contributed by atoms with Crippen molar-refractivity contribution in [1.29, 1.82) is 0 Å². The molecule has 0 spiro atoms. The molecule has 1 unspecified atom stereocenters. The normalized spacial score (nSPS) is 21.1. The van der Waals surface area contributed by atoms with Gasteiger partial charge in [-0.3, -0.25) is 9.80 Å². The SMILES string of the molecule is CN1CCN(CC(O)COc2ccc(N)cc2)CC1(C)C. The summed E-state index contributed by atoms with van der Waals surface area (Å²) in [7, 11) is 2.15. The fourth-order valence-electron chi connectivity index (χ4n) is 2.60. The van der Waals surface area contributed by atoms with Crippen LogP contribution in [0, 0.1) is 0 Å². The Bertz CT molecular complexity index is 447. The van der Waals surface area contributed by atoms with Crippen molar-refractivity contribution in [2.24, 2.45) is 0 Å². The van der Waals surface area contributed by atoms with E-state index in [1.807, 2.05) is 12.1 Å². The third kappa shape index (κ3) is 4.59. The monoisotopic (exact) mass is 293 g/mol. The molecule has 1 atom stereocenters. The smallest absolute Gasteiger partial charge is 0.119 e. The molecule has 3 N–H and O–H groups in total. The van der Waals surface area contributed by atoms with Crippen LogP contribution in [0.1, 0.15) is 13.8 Å². The van der Waals surface area contributed by atoms with Crippen molar-refractivity contribution in [3.8, 4) is 5.75 Å². The predicted octanol–water partition coefficient (Wildman–Crippen LogP) is 1.03. The van der Waals surface area contributed by atoms with Crippen LogP contribution in [0.3, 0.4) is 0 Å². The van der Waals surface area contributed by atoms with Gasteiger partial charge in [-0.25, -0.2) is 0 Å². The van der Waals surface area contributed by atoms with Crippen LogP contribution in [0.2, 0.25) is 0 Å². The number of hydrogen-bond donors (Lipinski definition) is 2. The maximum atomic E-state index is 10.1. The van der Waals surface area contributed by atoms with Crippen LogP contribution >= 0.6 is 0 Å². The number of piperazine rings is 1. The first kappa shape index (κ1) is 16.1. The van der Waals surface area contributed by atoms with Crippen molar-refractivity contribution < 1.29 is 9.84 Å². The van der Waals surface area contributed by atoms with Crippen LogP contribution in [-0.4, -0.2) is 66.4 Å². The maximum absolute atomic E-state index is 10.1. The summed E-state index contributed by atoms with van der Waals surface area (Å²) < 4.78 is 5.59. The lowest BCUT2D eigenvalue weighted by Gasteiger charge is -2.45. The Morgan fingerprint density at radius 2 is 1.95 bits per heavy atom. The quantitative estimate of drug-likeness (QED) is 0.794. The van der Waals surface area contributed by atoms with Gasteiger partial charge in [0.15, 0.2) is 0 Å². The van der Waals surface area contributed by atoms with Crippen molar-refractivity contribution in [3.05, 3.63) is 24.3 Å². The number of aliphatic hydroxyl groups excluding tert-OH is 1. The lowest BCUT2D eigenvalue weighted by molar-refractivity contribution is 0.00394. The van der Waals surface area contributed by atoms with Gasteiger partial charge in [0.2, 0.25) is 0 Å². The van der Waals surface area contributed by atoms with E-state index in [0.717, 1.165) is 25.4 Å². The first-order valence-electron chi connectivity index (χ1n) is 7.47. The first-order valence-corrected chi connectivity index (χ1v) is 7.47. The molecule has 0 aromatic heterocycles. The van der Waals surface area contributed by atoms with Crippen molar-refractivity contribution in [2.75, 3.05) is 45.6 Å². The van der Waals surface area contributed by atoms with Crippen LogP contribution in [0.25, 0.3) is 0 Å². The minimum Gasteiger partial charge on any atom is -0.491 e. The molecule has 1 aliphatic heterocycles. The van der Waals surface area contributed by atoms with Gasteiger partial charge in [-0.05, 0) is 45.2 Å². The van der Waals surface area contributed by atoms with Gasteiger partial charge in [-0.2, -0.15) is 0 Å². The largest absolute Gasteiger partial charge is 0.491 e. The van der Waals surface area contributed by atoms with Gasteiger partial charge >= 0.3 is 0 Å². The summed E-state index contributed by atoms with van der Waals surface area (Å²) in [5.41, 5.74) is 6.49. The highest BCUT2D eigenvalue weighted by molar-refractivity contribution is 5.41. The number of benzene rings is 1. The van der Waals surface area contributed by atoms with E-state index in [1.165, 1.54) is 0 Å².